The number of aliphatic hydroxyl groups is 2. The van der Waals surface area contributed by atoms with Crippen LogP contribution in [0, 0.1) is 11.8 Å². The molecule has 0 aromatic carbocycles. The van der Waals surface area contributed by atoms with Crippen LogP contribution in [0.3, 0.4) is 0 Å². The van der Waals surface area contributed by atoms with Crippen LogP contribution in [0.15, 0.2) is 0 Å². The predicted molar refractivity (Wildman–Crippen MR) is 46.2 cm³/mol. The van der Waals surface area contributed by atoms with Crippen LogP contribution in [0.2, 0.25) is 0 Å². The Kier molecular flexibility index (Phi) is 3.27. The van der Waals surface area contributed by atoms with Gasteiger partial charge in [-0.05, 0) is 18.8 Å². The van der Waals surface area contributed by atoms with Crippen LogP contribution in [0.5, 0.6) is 0 Å². The van der Waals surface area contributed by atoms with Gasteiger partial charge in [0.1, 0.15) is 0 Å². The van der Waals surface area contributed by atoms with Crippen molar-refractivity contribution in [2.24, 2.45) is 11.8 Å². The van der Waals surface area contributed by atoms with Crippen LogP contribution in [-0.2, 0) is 4.79 Å². The fourth-order valence-electron chi connectivity index (χ4n) is 2.06. The van der Waals surface area contributed by atoms with E-state index < -0.39 is 24.1 Å². The van der Waals surface area contributed by atoms with Crippen molar-refractivity contribution in [3.05, 3.63) is 0 Å². The molecule has 0 aromatic rings. The SMILES string of the molecule is CCC1CCC(O)C(O)C1C(=O)O. The highest BCUT2D eigenvalue weighted by molar-refractivity contribution is 5.71. The fraction of sp³-hybridized carbons (Fsp3) is 0.889. The van der Waals surface area contributed by atoms with Crippen LogP contribution in [0.4, 0.5) is 0 Å². The number of aliphatic carboxylic acids is 1. The molecule has 0 saturated heterocycles. The van der Waals surface area contributed by atoms with Gasteiger partial charge in [-0.2, -0.15) is 0 Å². The van der Waals surface area contributed by atoms with Crippen molar-refractivity contribution >= 4 is 5.97 Å². The van der Waals surface area contributed by atoms with Crippen molar-refractivity contribution in [2.75, 3.05) is 0 Å². The summed E-state index contributed by atoms with van der Waals surface area (Å²) in [7, 11) is 0. The van der Waals surface area contributed by atoms with E-state index in [9.17, 15) is 15.0 Å². The molecule has 0 radical (unpaired) electrons. The second-order valence-electron chi connectivity index (χ2n) is 3.67. The van der Waals surface area contributed by atoms with Crippen LogP contribution in [0.25, 0.3) is 0 Å². The third kappa shape index (κ3) is 2.00. The molecule has 1 aliphatic rings. The normalized spacial score (nSPS) is 40.2. The van der Waals surface area contributed by atoms with Crippen molar-refractivity contribution in [3.63, 3.8) is 0 Å². The first-order valence-electron chi connectivity index (χ1n) is 4.66. The lowest BCUT2D eigenvalue weighted by atomic mass is 9.74. The van der Waals surface area contributed by atoms with Gasteiger partial charge < -0.3 is 15.3 Å². The maximum Gasteiger partial charge on any atom is 0.309 e. The number of rotatable bonds is 2. The van der Waals surface area contributed by atoms with Crippen molar-refractivity contribution in [2.45, 2.75) is 38.4 Å². The molecular formula is C9H16O4. The summed E-state index contributed by atoms with van der Waals surface area (Å²) in [5.41, 5.74) is 0. The monoisotopic (exact) mass is 188 g/mol. The molecule has 13 heavy (non-hydrogen) atoms. The Balaban J connectivity index is 2.74. The summed E-state index contributed by atoms with van der Waals surface area (Å²) in [6, 6.07) is 0. The Bertz CT molecular complexity index is 190. The Labute approximate surface area is 77.2 Å². The van der Waals surface area contributed by atoms with Gasteiger partial charge in [0.2, 0.25) is 0 Å². The molecule has 1 aliphatic carbocycles. The van der Waals surface area contributed by atoms with E-state index in [1.165, 1.54) is 0 Å². The van der Waals surface area contributed by atoms with Gasteiger partial charge in [0, 0.05) is 0 Å². The van der Waals surface area contributed by atoms with Gasteiger partial charge in [-0.25, -0.2) is 0 Å². The van der Waals surface area contributed by atoms with Crippen molar-refractivity contribution in [1.29, 1.82) is 0 Å². The number of carbonyl (C=O) groups is 1. The minimum absolute atomic E-state index is 0.00380. The van der Waals surface area contributed by atoms with E-state index in [0.717, 1.165) is 6.42 Å². The molecule has 1 fully saturated rings. The molecule has 4 unspecified atom stereocenters. The first-order valence-corrected chi connectivity index (χ1v) is 4.66. The summed E-state index contributed by atoms with van der Waals surface area (Å²) >= 11 is 0. The molecule has 3 N–H and O–H groups in total. The molecule has 1 rings (SSSR count). The van der Waals surface area contributed by atoms with Gasteiger partial charge in [-0.15, -0.1) is 0 Å². The van der Waals surface area contributed by atoms with Gasteiger partial charge in [0.25, 0.3) is 0 Å². The lowest BCUT2D eigenvalue weighted by Crippen LogP contribution is -2.46. The molecule has 0 aromatic heterocycles. The van der Waals surface area contributed by atoms with Crippen LogP contribution >= 0.6 is 0 Å². The van der Waals surface area contributed by atoms with Crippen molar-refractivity contribution in [1.82, 2.24) is 0 Å². The molecule has 0 bridgehead atoms. The van der Waals surface area contributed by atoms with Gasteiger partial charge in [-0.3, -0.25) is 4.79 Å². The second kappa shape index (κ2) is 4.07. The van der Waals surface area contributed by atoms with E-state index in [1.807, 2.05) is 6.92 Å². The largest absolute Gasteiger partial charge is 0.481 e. The third-order valence-electron chi connectivity index (χ3n) is 2.91. The van der Waals surface area contributed by atoms with E-state index >= 15 is 0 Å². The number of aliphatic hydroxyl groups excluding tert-OH is 2. The standard InChI is InChI=1S/C9H16O4/c1-2-5-3-4-6(10)8(11)7(5)9(12)13/h5-8,10-11H,2-4H2,1H3,(H,12,13). The van der Waals surface area contributed by atoms with E-state index in [2.05, 4.69) is 0 Å². The van der Waals surface area contributed by atoms with E-state index in [4.69, 9.17) is 5.11 Å². The summed E-state index contributed by atoms with van der Waals surface area (Å²) in [6.45, 7) is 1.91. The number of carboxylic acid groups (broad SMARTS) is 1. The second-order valence-corrected chi connectivity index (χ2v) is 3.67. The smallest absolute Gasteiger partial charge is 0.309 e. The van der Waals surface area contributed by atoms with Gasteiger partial charge in [-0.1, -0.05) is 13.3 Å². The summed E-state index contributed by atoms with van der Waals surface area (Å²) in [6.07, 6.45) is -0.0456. The Morgan fingerprint density at radius 1 is 1.38 bits per heavy atom. The maximum absolute atomic E-state index is 10.8. The number of hydrogen-bond donors (Lipinski definition) is 3. The summed E-state index contributed by atoms with van der Waals surface area (Å²) in [5.74, 6) is -1.80. The van der Waals surface area contributed by atoms with Gasteiger partial charge in [0.15, 0.2) is 0 Å². The highest BCUT2D eigenvalue weighted by Crippen LogP contribution is 2.32. The summed E-state index contributed by atoms with van der Waals surface area (Å²) in [5, 5.41) is 27.6. The van der Waals surface area contributed by atoms with Gasteiger partial charge in [0.05, 0.1) is 18.1 Å². The molecule has 0 spiro atoms. The molecule has 0 heterocycles. The zero-order valence-electron chi connectivity index (χ0n) is 7.68. The topological polar surface area (TPSA) is 77.8 Å². The average Bonchev–Trinajstić information content (AvgIpc) is 2.08. The molecule has 4 heteroatoms. The molecule has 4 atom stereocenters. The van der Waals surface area contributed by atoms with Crippen LogP contribution in [0.1, 0.15) is 26.2 Å². The third-order valence-corrected chi connectivity index (χ3v) is 2.91. The highest BCUT2D eigenvalue weighted by Gasteiger charge is 2.41. The van der Waals surface area contributed by atoms with E-state index in [1.54, 1.807) is 0 Å². The molecular weight excluding hydrogens is 172 g/mol. The number of hydrogen-bond acceptors (Lipinski definition) is 3. The predicted octanol–water partition coefficient (Wildman–Crippen LogP) is 0.229. The molecule has 4 nitrogen and oxygen atoms in total. The van der Waals surface area contributed by atoms with Crippen LogP contribution in [-0.4, -0.2) is 33.5 Å². The fourth-order valence-corrected chi connectivity index (χ4v) is 2.06. The average molecular weight is 188 g/mol. The molecule has 1 saturated carbocycles. The Morgan fingerprint density at radius 2 is 2.00 bits per heavy atom. The van der Waals surface area contributed by atoms with E-state index in [-0.39, 0.29) is 5.92 Å². The minimum atomic E-state index is -1.10. The number of carboxylic acids is 1. The van der Waals surface area contributed by atoms with Crippen molar-refractivity contribution in [3.8, 4) is 0 Å². The van der Waals surface area contributed by atoms with Gasteiger partial charge >= 0.3 is 5.97 Å². The quantitative estimate of drug-likeness (QED) is 0.579. The zero-order chi connectivity index (χ0) is 10.0. The van der Waals surface area contributed by atoms with Crippen LogP contribution < -0.4 is 0 Å². The Hall–Kier alpha value is -0.610. The molecule has 76 valence electrons. The first kappa shape index (κ1) is 10.5. The zero-order valence-corrected chi connectivity index (χ0v) is 7.68. The minimum Gasteiger partial charge on any atom is -0.481 e. The lowest BCUT2D eigenvalue weighted by Gasteiger charge is -2.35. The molecule has 0 amide bonds. The summed E-state index contributed by atoms with van der Waals surface area (Å²) in [4.78, 5) is 10.8. The molecule has 0 aliphatic heterocycles. The Morgan fingerprint density at radius 3 is 2.46 bits per heavy atom. The van der Waals surface area contributed by atoms with Crippen molar-refractivity contribution < 1.29 is 20.1 Å². The summed E-state index contributed by atoms with van der Waals surface area (Å²) < 4.78 is 0. The highest BCUT2D eigenvalue weighted by atomic mass is 16.4. The maximum atomic E-state index is 10.8. The van der Waals surface area contributed by atoms with E-state index in [0.29, 0.717) is 12.8 Å². The first-order chi connectivity index (χ1) is 6.07. The lowest BCUT2D eigenvalue weighted by molar-refractivity contribution is -0.157.